The van der Waals surface area contributed by atoms with Crippen molar-refractivity contribution in [1.82, 2.24) is 4.98 Å². The summed E-state index contributed by atoms with van der Waals surface area (Å²) >= 11 is 11.1. The Bertz CT molecular complexity index is 513. The Morgan fingerprint density at radius 2 is 2.29 bits per heavy atom. The zero-order valence-electron chi connectivity index (χ0n) is 9.34. The maximum Gasteiger partial charge on any atom is 0.0925 e. The Morgan fingerprint density at radius 3 is 2.94 bits per heavy atom. The fourth-order valence-corrected chi connectivity index (χ4v) is 2.62. The van der Waals surface area contributed by atoms with Crippen molar-refractivity contribution in [3.8, 4) is 0 Å². The van der Waals surface area contributed by atoms with E-state index in [1.165, 1.54) is 9.88 Å². The topological polar surface area (TPSA) is 24.9 Å². The first-order valence-corrected chi connectivity index (χ1v) is 7.30. The summed E-state index contributed by atoms with van der Waals surface area (Å²) in [6.45, 7) is 2.90. The van der Waals surface area contributed by atoms with Crippen LogP contribution in [0.1, 0.15) is 16.8 Å². The van der Waals surface area contributed by atoms with Gasteiger partial charge in [0.2, 0.25) is 0 Å². The van der Waals surface area contributed by atoms with Gasteiger partial charge in [-0.2, -0.15) is 0 Å². The molecule has 0 amide bonds. The van der Waals surface area contributed by atoms with Gasteiger partial charge in [0, 0.05) is 21.2 Å². The average Bonchev–Trinajstić information content (AvgIpc) is 2.79. The number of nitrogens with one attached hydrogen (secondary N) is 1. The highest BCUT2D eigenvalue weighted by molar-refractivity contribution is 9.10. The summed E-state index contributed by atoms with van der Waals surface area (Å²) in [7, 11) is 0. The van der Waals surface area contributed by atoms with Gasteiger partial charge in [0.05, 0.1) is 16.6 Å². The van der Waals surface area contributed by atoms with Crippen LogP contribution in [-0.2, 0) is 13.0 Å². The van der Waals surface area contributed by atoms with Crippen LogP contribution in [0, 0.1) is 0 Å². The quantitative estimate of drug-likeness (QED) is 0.875. The number of aryl methyl sites for hydroxylation is 1. The largest absolute Gasteiger partial charge is 0.380 e. The van der Waals surface area contributed by atoms with E-state index in [0.29, 0.717) is 5.02 Å². The molecule has 17 heavy (non-hydrogen) atoms. The number of hydrogen-bond donors (Lipinski definition) is 1. The third-order valence-corrected chi connectivity index (χ3v) is 4.66. The SMILES string of the molecule is CCc1ncc(CNc2ccc(Br)c(Cl)c2)s1. The Morgan fingerprint density at radius 1 is 1.47 bits per heavy atom. The van der Waals surface area contributed by atoms with Crippen LogP contribution in [0.15, 0.2) is 28.9 Å². The van der Waals surface area contributed by atoms with Gasteiger partial charge in [0.15, 0.2) is 0 Å². The minimum Gasteiger partial charge on any atom is -0.380 e. The molecule has 0 saturated carbocycles. The van der Waals surface area contributed by atoms with Gasteiger partial charge in [-0.1, -0.05) is 18.5 Å². The van der Waals surface area contributed by atoms with Crippen LogP contribution in [0.4, 0.5) is 5.69 Å². The van der Waals surface area contributed by atoms with Gasteiger partial charge in [-0.25, -0.2) is 4.98 Å². The van der Waals surface area contributed by atoms with Crippen LogP contribution in [0.5, 0.6) is 0 Å². The fraction of sp³-hybridized carbons (Fsp3) is 0.250. The smallest absolute Gasteiger partial charge is 0.0925 e. The van der Waals surface area contributed by atoms with Crippen molar-refractivity contribution in [1.29, 1.82) is 0 Å². The minimum absolute atomic E-state index is 0.716. The molecule has 0 radical (unpaired) electrons. The van der Waals surface area contributed by atoms with Gasteiger partial charge in [-0.15, -0.1) is 11.3 Å². The molecule has 5 heteroatoms. The highest BCUT2D eigenvalue weighted by Gasteiger charge is 2.02. The van der Waals surface area contributed by atoms with Gasteiger partial charge in [-0.3, -0.25) is 0 Å². The van der Waals surface area contributed by atoms with Crippen LogP contribution in [-0.4, -0.2) is 4.98 Å². The summed E-state index contributed by atoms with van der Waals surface area (Å²) in [5, 5.41) is 5.22. The predicted molar refractivity (Wildman–Crippen MR) is 78.0 cm³/mol. The fourth-order valence-electron chi connectivity index (χ4n) is 1.39. The lowest BCUT2D eigenvalue weighted by Gasteiger charge is -2.05. The second-order valence-electron chi connectivity index (χ2n) is 3.56. The van der Waals surface area contributed by atoms with Gasteiger partial charge < -0.3 is 5.32 Å². The summed E-state index contributed by atoms with van der Waals surface area (Å²) < 4.78 is 0.913. The van der Waals surface area contributed by atoms with Crippen LogP contribution in [0.3, 0.4) is 0 Å². The molecule has 0 unspecified atom stereocenters. The lowest BCUT2D eigenvalue weighted by Crippen LogP contribution is -1.97. The number of halogens is 2. The van der Waals surface area contributed by atoms with Crippen molar-refractivity contribution in [2.24, 2.45) is 0 Å². The number of benzene rings is 1. The molecule has 1 aromatic heterocycles. The molecular weight excluding hydrogens is 320 g/mol. The van der Waals surface area contributed by atoms with Gasteiger partial charge in [0.1, 0.15) is 0 Å². The molecule has 0 saturated heterocycles. The van der Waals surface area contributed by atoms with E-state index in [1.54, 1.807) is 11.3 Å². The van der Waals surface area contributed by atoms with E-state index < -0.39 is 0 Å². The molecule has 0 aliphatic rings. The molecule has 90 valence electrons. The molecule has 1 heterocycles. The highest BCUT2D eigenvalue weighted by Crippen LogP contribution is 2.26. The maximum atomic E-state index is 6.03. The molecule has 0 bridgehead atoms. The van der Waals surface area contributed by atoms with Crippen LogP contribution in [0.2, 0.25) is 5.02 Å². The van der Waals surface area contributed by atoms with Gasteiger partial charge in [-0.05, 0) is 40.5 Å². The standard InChI is InChI=1S/C12H12BrClN2S/c1-2-12-16-7-9(17-12)6-15-8-3-4-10(13)11(14)5-8/h3-5,7,15H,2,6H2,1H3. The molecule has 0 aliphatic heterocycles. The predicted octanol–water partition coefficient (Wildman–Crippen LogP) is 4.73. The molecule has 1 N–H and O–H groups in total. The summed E-state index contributed by atoms with van der Waals surface area (Å²) in [4.78, 5) is 5.56. The molecule has 2 aromatic rings. The molecule has 2 nitrogen and oxygen atoms in total. The van der Waals surface area contributed by atoms with Crippen LogP contribution >= 0.6 is 38.9 Å². The first-order chi connectivity index (χ1) is 8.19. The molecule has 0 spiro atoms. The number of anilines is 1. The number of aromatic nitrogens is 1. The molecular formula is C12H12BrClN2S. The Hall–Kier alpha value is -0.580. The van der Waals surface area contributed by atoms with E-state index in [0.717, 1.165) is 23.1 Å². The Kier molecular flexibility index (Phi) is 4.42. The first kappa shape index (κ1) is 12.9. The molecule has 2 rings (SSSR count). The van der Waals surface area contributed by atoms with Crippen LogP contribution < -0.4 is 5.32 Å². The third-order valence-electron chi connectivity index (χ3n) is 2.29. The van der Waals surface area contributed by atoms with E-state index in [2.05, 4.69) is 33.2 Å². The third kappa shape index (κ3) is 3.44. The number of nitrogens with zero attached hydrogens (tertiary/aromatic N) is 1. The second kappa shape index (κ2) is 5.85. The van der Waals surface area contributed by atoms with Crippen molar-refractivity contribution in [2.75, 3.05) is 5.32 Å². The second-order valence-corrected chi connectivity index (χ2v) is 6.02. The van der Waals surface area contributed by atoms with Crippen molar-refractivity contribution >= 4 is 44.6 Å². The van der Waals surface area contributed by atoms with E-state index in [9.17, 15) is 0 Å². The van der Waals surface area contributed by atoms with Gasteiger partial charge in [0.25, 0.3) is 0 Å². The van der Waals surface area contributed by atoms with Crippen molar-refractivity contribution in [3.05, 3.63) is 43.8 Å². The van der Waals surface area contributed by atoms with E-state index >= 15 is 0 Å². The summed E-state index contributed by atoms with van der Waals surface area (Å²) in [5.74, 6) is 0. The van der Waals surface area contributed by atoms with Crippen molar-refractivity contribution < 1.29 is 0 Å². The van der Waals surface area contributed by atoms with Crippen molar-refractivity contribution in [2.45, 2.75) is 19.9 Å². The zero-order valence-corrected chi connectivity index (χ0v) is 12.5. The lowest BCUT2D eigenvalue weighted by atomic mass is 10.3. The van der Waals surface area contributed by atoms with Gasteiger partial charge >= 0.3 is 0 Å². The number of hydrogen-bond acceptors (Lipinski definition) is 3. The van der Waals surface area contributed by atoms with E-state index in [1.807, 2.05) is 24.4 Å². The highest BCUT2D eigenvalue weighted by atomic mass is 79.9. The van der Waals surface area contributed by atoms with E-state index in [4.69, 9.17) is 11.6 Å². The normalized spacial score (nSPS) is 10.5. The van der Waals surface area contributed by atoms with Crippen LogP contribution in [0.25, 0.3) is 0 Å². The number of thiazole rings is 1. The monoisotopic (exact) mass is 330 g/mol. The van der Waals surface area contributed by atoms with Crippen molar-refractivity contribution in [3.63, 3.8) is 0 Å². The first-order valence-electron chi connectivity index (χ1n) is 5.31. The zero-order chi connectivity index (χ0) is 12.3. The Balaban J connectivity index is 1.99. The molecule has 0 atom stereocenters. The Labute approximate surface area is 118 Å². The van der Waals surface area contributed by atoms with E-state index in [-0.39, 0.29) is 0 Å². The molecule has 1 aromatic carbocycles. The minimum atomic E-state index is 0.716. The summed E-state index contributed by atoms with van der Waals surface area (Å²) in [5.41, 5.74) is 1.02. The lowest BCUT2D eigenvalue weighted by molar-refractivity contribution is 1.09. The molecule has 0 aliphatic carbocycles. The maximum absolute atomic E-state index is 6.03. The summed E-state index contributed by atoms with van der Waals surface area (Å²) in [6, 6.07) is 5.85. The summed E-state index contributed by atoms with van der Waals surface area (Å²) in [6.07, 6.45) is 2.92. The average molecular weight is 332 g/mol. The number of rotatable bonds is 4. The molecule has 0 fully saturated rings.